The number of anilines is 1. The van der Waals surface area contributed by atoms with Gasteiger partial charge in [0.05, 0.1) is 0 Å². The second kappa shape index (κ2) is 6.99. The van der Waals surface area contributed by atoms with Crippen molar-refractivity contribution in [2.45, 2.75) is 31.7 Å². The van der Waals surface area contributed by atoms with Crippen LogP contribution in [0.4, 0.5) is 23.2 Å². The average molecular weight is 368 g/mol. The first-order chi connectivity index (χ1) is 12.2. The summed E-state index contributed by atoms with van der Waals surface area (Å²) in [5.74, 6) is -2.12. The predicted octanol–water partition coefficient (Wildman–Crippen LogP) is 2.91. The van der Waals surface area contributed by atoms with Gasteiger partial charge in [-0.3, -0.25) is 4.79 Å². The molecule has 0 radical (unpaired) electrons. The van der Waals surface area contributed by atoms with Gasteiger partial charge >= 0.3 is 6.18 Å². The molecule has 1 aliphatic rings. The van der Waals surface area contributed by atoms with Crippen LogP contribution in [0.2, 0.25) is 0 Å². The van der Waals surface area contributed by atoms with Crippen LogP contribution in [-0.4, -0.2) is 34.6 Å². The molecule has 0 saturated carbocycles. The predicted molar refractivity (Wildman–Crippen MR) is 86.6 cm³/mol. The van der Waals surface area contributed by atoms with E-state index in [4.69, 9.17) is 0 Å². The molecule has 0 aliphatic carbocycles. The number of rotatable bonds is 4. The summed E-state index contributed by atoms with van der Waals surface area (Å²) < 4.78 is 51.5. The zero-order chi connectivity index (χ0) is 18.9. The van der Waals surface area contributed by atoms with E-state index in [0.717, 1.165) is 5.56 Å². The maximum atomic E-state index is 13.2. The molecule has 0 spiro atoms. The number of nitrogens with one attached hydrogen (secondary N) is 2. The third-order valence-corrected chi connectivity index (χ3v) is 4.02. The summed E-state index contributed by atoms with van der Waals surface area (Å²) in [6.07, 6.45) is -5.07. The first-order valence-electron chi connectivity index (χ1n) is 7.93. The minimum atomic E-state index is -4.73. The minimum Gasteiger partial charge on any atom is -0.321 e. The molecule has 26 heavy (non-hydrogen) atoms. The van der Waals surface area contributed by atoms with Gasteiger partial charge in [0.2, 0.25) is 5.82 Å². The lowest BCUT2D eigenvalue weighted by molar-refractivity contribution is -0.145. The molecule has 1 aliphatic heterocycles. The summed E-state index contributed by atoms with van der Waals surface area (Å²) in [6.45, 7) is 1.71. The van der Waals surface area contributed by atoms with Crippen molar-refractivity contribution < 1.29 is 22.4 Å². The molecule has 138 valence electrons. The Hall–Kier alpha value is -2.55. The van der Waals surface area contributed by atoms with Crippen molar-refractivity contribution in [2.75, 3.05) is 11.9 Å². The van der Waals surface area contributed by atoms with E-state index in [1.54, 1.807) is 24.3 Å². The van der Waals surface area contributed by atoms with Gasteiger partial charge in [0, 0.05) is 24.0 Å². The highest BCUT2D eigenvalue weighted by Gasteiger charge is 2.35. The van der Waals surface area contributed by atoms with Crippen LogP contribution in [0.3, 0.4) is 0 Å². The maximum absolute atomic E-state index is 13.2. The maximum Gasteiger partial charge on any atom is 0.451 e. The molecule has 1 aromatic heterocycles. The Balaban J connectivity index is 1.69. The van der Waals surface area contributed by atoms with Crippen molar-refractivity contribution in [1.82, 2.24) is 15.3 Å². The lowest BCUT2D eigenvalue weighted by Gasteiger charge is -2.32. The van der Waals surface area contributed by atoms with Crippen LogP contribution in [0, 0.1) is 6.92 Å². The van der Waals surface area contributed by atoms with Crippen molar-refractivity contribution in [2.24, 2.45) is 0 Å². The molecule has 5 nitrogen and oxygen atoms in total. The molecule has 2 N–H and O–H groups in total. The van der Waals surface area contributed by atoms with Gasteiger partial charge < -0.3 is 10.6 Å². The van der Waals surface area contributed by atoms with E-state index in [1.807, 2.05) is 0 Å². The van der Waals surface area contributed by atoms with Crippen LogP contribution < -0.4 is 10.6 Å². The Bertz CT molecular complexity index is 807. The summed E-state index contributed by atoms with van der Waals surface area (Å²) in [7, 11) is 0. The molecule has 0 bridgehead atoms. The quantitative estimate of drug-likeness (QED) is 0.815. The topological polar surface area (TPSA) is 66.9 Å². The standard InChI is InChI=1S/C17H16F4N4O/c1-9-6-14(25-16(23-9)17(19,20)21)15(26)24-11-4-2-10(3-5-11)7-13-12(18)8-22-13/h2-6,12-13,22H,7-8H2,1H3,(H,24,26)/t12-,13-/m1/s1. The third kappa shape index (κ3) is 4.16. The summed E-state index contributed by atoms with van der Waals surface area (Å²) in [5, 5.41) is 5.48. The van der Waals surface area contributed by atoms with Crippen LogP contribution in [-0.2, 0) is 12.6 Å². The first-order valence-corrected chi connectivity index (χ1v) is 7.93. The molecule has 2 aromatic rings. The molecule has 1 fully saturated rings. The second-order valence-electron chi connectivity index (χ2n) is 6.10. The third-order valence-electron chi connectivity index (χ3n) is 4.02. The Morgan fingerprint density at radius 2 is 1.96 bits per heavy atom. The van der Waals surface area contributed by atoms with Gasteiger partial charge in [0.1, 0.15) is 11.9 Å². The number of hydrogen-bond donors (Lipinski definition) is 2. The molecule has 0 unspecified atom stereocenters. The van der Waals surface area contributed by atoms with E-state index < -0.39 is 24.1 Å². The minimum absolute atomic E-state index is 0.0431. The SMILES string of the molecule is Cc1cc(C(=O)Nc2ccc(C[C@H]3NC[C@H]3F)cc2)nc(C(F)(F)F)n1. The van der Waals surface area contributed by atoms with Crippen LogP contribution >= 0.6 is 0 Å². The van der Waals surface area contributed by atoms with Gasteiger partial charge in [0.15, 0.2) is 0 Å². The molecular formula is C17H16F4N4O. The number of carbonyl (C=O) groups is 1. The normalized spacial score (nSPS) is 19.7. The molecule has 2 atom stereocenters. The van der Waals surface area contributed by atoms with E-state index in [9.17, 15) is 22.4 Å². The van der Waals surface area contributed by atoms with Gasteiger partial charge in [-0.2, -0.15) is 13.2 Å². The average Bonchev–Trinajstić information content (AvgIpc) is 2.58. The summed E-state index contributed by atoms with van der Waals surface area (Å²) >= 11 is 0. The Kier molecular flexibility index (Phi) is 4.90. The highest BCUT2D eigenvalue weighted by molar-refractivity contribution is 6.02. The van der Waals surface area contributed by atoms with Crippen molar-refractivity contribution >= 4 is 11.6 Å². The zero-order valence-corrected chi connectivity index (χ0v) is 13.8. The number of aromatic nitrogens is 2. The van der Waals surface area contributed by atoms with Crippen molar-refractivity contribution in [3.8, 4) is 0 Å². The fraction of sp³-hybridized carbons (Fsp3) is 0.353. The van der Waals surface area contributed by atoms with Crippen LogP contribution in [0.5, 0.6) is 0 Å². The van der Waals surface area contributed by atoms with Crippen molar-refractivity contribution in [3.63, 3.8) is 0 Å². The van der Waals surface area contributed by atoms with Crippen molar-refractivity contribution in [3.05, 3.63) is 53.1 Å². The molecular weight excluding hydrogens is 352 g/mol. The largest absolute Gasteiger partial charge is 0.451 e. The number of carbonyl (C=O) groups excluding carboxylic acids is 1. The lowest BCUT2D eigenvalue weighted by atomic mass is 9.96. The number of aryl methyl sites for hydroxylation is 1. The van der Waals surface area contributed by atoms with E-state index >= 15 is 0 Å². The smallest absolute Gasteiger partial charge is 0.321 e. The van der Waals surface area contributed by atoms with E-state index in [1.165, 1.54) is 13.0 Å². The number of halogens is 4. The van der Waals surface area contributed by atoms with Crippen LogP contribution in [0.1, 0.15) is 27.6 Å². The molecule has 3 rings (SSSR count). The van der Waals surface area contributed by atoms with Gasteiger partial charge in [-0.1, -0.05) is 12.1 Å². The monoisotopic (exact) mass is 368 g/mol. The number of nitrogens with zero attached hydrogens (tertiary/aromatic N) is 2. The Morgan fingerprint density at radius 3 is 2.50 bits per heavy atom. The number of benzene rings is 1. The number of alkyl halides is 4. The van der Waals surface area contributed by atoms with Gasteiger partial charge in [-0.25, -0.2) is 14.4 Å². The van der Waals surface area contributed by atoms with Gasteiger partial charge in [-0.05, 0) is 37.1 Å². The van der Waals surface area contributed by atoms with Crippen LogP contribution in [0.25, 0.3) is 0 Å². The Labute approximate surface area is 146 Å². The highest BCUT2D eigenvalue weighted by atomic mass is 19.4. The van der Waals surface area contributed by atoms with Gasteiger partial charge in [-0.15, -0.1) is 0 Å². The highest BCUT2D eigenvalue weighted by Crippen LogP contribution is 2.26. The van der Waals surface area contributed by atoms with E-state index in [0.29, 0.717) is 18.7 Å². The van der Waals surface area contributed by atoms with Gasteiger partial charge in [0.25, 0.3) is 5.91 Å². The second-order valence-corrected chi connectivity index (χ2v) is 6.10. The molecule has 9 heteroatoms. The summed E-state index contributed by atoms with van der Waals surface area (Å²) in [4.78, 5) is 18.8. The molecule has 1 amide bonds. The molecule has 1 aromatic carbocycles. The first kappa shape index (κ1) is 18.2. The Morgan fingerprint density at radius 1 is 1.27 bits per heavy atom. The lowest BCUT2D eigenvalue weighted by Crippen LogP contribution is -2.55. The summed E-state index contributed by atoms with van der Waals surface area (Å²) in [6, 6.07) is 7.65. The zero-order valence-electron chi connectivity index (χ0n) is 13.8. The molecule has 2 heterocycles. The van der Waals surface area contributed by atoms with Crippen molar-refractivity contribution in [1.29, 1.82) is 0 Å². The fourth-order valence-electron chi connectivity index (χ4n) is 2.56. The fourth-order valence-corrected chi connectivity index (χ4v) is 2.56. The van der Waals surface area contributed by atoms with Crippen LogP contribution in [0.15, 0.2) is 30.3 Å². The number of hydrogen-bond acceptors (Lipinski definition) is 4. The number of amides is 1. The van der Waals surface area contributed by atoms with E-state index in [-0.39, 0.29) is 17.4 Å². The molecule has 1 saturated heterocycles. The van der Waals surface area contributed by atoms with E-state index in [2.05, 4.69) is 20.6 Å². The summed E-state index contributed by atoms with van der Waals surface area (Å²) in [5.41, 5.74) is 0.969.